The van der Waals surface area contributed by atoms with Crippen LogP contribution in [0.1, 0.15) is 54.7 Å². The highest BCUT2D eigenvalue weighted by Crippen LogP contribution is 2.33. The van der Waals surface area contributed by atoms with E-state index in [4.69, 9.17) is 25.5 Å². The van der Waals surface area contributed by atoms with Crippen molar-refractivity contribution in [3.8, 4) is 11.3 Å². The summed E-state index contributed by atoms with van der Waals surface area (Å²) in [6.07, 6.45) is 1.33. The van der Waals surface area contributed by atoms with Crippen LogP contribution in [0.3, 0.4) is 0 Å². The maximum atomic E-state index is 13.7. The van der Waals surface area contributed by atoms with Gasteiger partial charge in [-0.15, -0.1) is 11.3 Å². The van der Waals surface area contributed by atoms with E-state index in [9.17, 15) is 14.4 Å². The Labute approximate surface area is 242 Å². The standard InChI is InChI=1S/C29H25ClN2O6S2/c1-5-36-28(35)24-16(4)31-29-32(25(24)22-7-6-12-39-22)26(33)23(40-29)14-18-9-11-21(38-18)20-13-17(30)8-10-19(20)27(34)37-15(2)3/h6-15,25H,5H2,1-4H3/b23-14+/t25-/m1/s1. The average molecular weight is 597 g/mol. The highest BCUT2D eigenvalue weighted by Gasteiger charge is 2.34. The first-order chi connectivity index (χ1) is 19.2. The summed E-state index contributed by atoms with van der Waals surface area (Å²) < 4.78 is 18.6. The third-order valence-corrected chi connectivity index (χ3v) is 8.18. The smallest absolute Gasteiger partial charge is 0.339 e. The van der Waals surface area contributed by atoms with Crippen molar-refractivity contribution in [2.24, 2.45) is 4.99 Å². The molecule has 0 unspecified atom stereocenters. The molecule has 0 bridgehead atoms. The van der Waals surface area contributed by atoms with Crippen molar-refractivity contribution in [3.63, 3.8) is 0 Å². The zero-order valence-electron chi connectivity index (χ0n) is 22.1. The van der Waals surface area contributed by atoms with Gasteiger partial charge < -0.3 is 13.9 Å². The van der Waals surface area contributed by atoms with Crippen LogP contribution in [0.5, 0.6) is 0 Å². The van der Waals surface area contributed by atoms with Gasteiger partial charge in [0.25, 0.3) is 5.56 Å². The number of hydrogen-bond donors (Lipinski definition) is 0. The Kier molecular flexibility index (Phi) is 7.93. The van der Waals surface area contributed by atoms with Crippen molar-refractivity contribution in [1.29, 1.82) is 0 Å². The van der Waals surface area contributed by atoms with Crippen molar-refractivity contribution >= 4 is 52.3 Å². The second kappa shape index (κ2) is 11.4. The third kappa shape index (κ3) is 5.34. The average Bonchev–Trinajstić information content (AvgIpc) is 3.65. The van der Waals surface area contributed by atoms with Crippen molar-refractivity contribution in [1.82, 2.24) is 4.57 Å². The molecule has 0 aliphatic carbocycles. The fraction of sp³-hybridized carbons (Fsp3) is 0.241. The van der Waals surface area contributed by atoms with Gasteiger partial charge in [-0.2, -0.15) is 0 Å². The molecule has 1 aliphatic heterocycles. The minimum absolute atomic E-state index is 0.210. The molecule has 3 aromatic heterocycles. The highest BCUT2D eigenvalue weighted by molar-refractivity contribution is 7.10. The molecule has 5 rings (SSSR count). The van der Waals surface area contributed by atoms with Crippen LogP contribution in [0.25, 0.3) is 17.4 Å². The van der Waals surface area contributed by atoms with Crippen LogP contribution in [0.2, 0.25) is 5.02 Å². The third-order valence-electron chi connectivity index (χ3n) is 6.04. The molecule has 0 radical (unpaired) electrons. The van der Waals surface area contributed by atoms with Crippen molar-refractivity contribution < 1.29 is 23.5 Å². The molecule has 0 amide bonds. The topological polar surface area (TPSA) is 100 Å². The fourth-order valence-corrected chi connectivity index (χ4v) is 6.41. The fourth-order valence-electron chi connectivity index (χ4n) is 4.39. The Bertz CT molecular complexity index is 1810. The van der Waals surface area contributed by atoms with Crippen molar-refractivity contribution in [3.05, 3.63) is 100 Å². The number of hydrogen-bond acceptors (Lipinski definition) is 9. The summed E-state index contributed by atoms with van der Waals surface area (Å²) in [5.74, 6) is -0.193. The minimum atomic E-state index is -0.648. The summed E-state index contributed by atoms with van der Waals surface area (Å²) in [4.78, 5) is 45.2. The van der Waals surface area contributed by atoms with Crippen molar-refractivity contribution in [2.75, 3.05) is 6.61 Å². The van der Waals surface area contributed by atoms with E-state index in [2.05, 4.69) is 4.99 Å². The Balaban J connectivity index is 1.59. The van der Waals surface area contributed by atoms with Gasteiger partial charge in [0.05, 0.1) is 34.1 Å². The van der Waals surface area contributed by atoms with Gasteiger partial charge in [-0.25, -0.2) is 14.6 Å². The van der Waals surface area contributed by atoms with E-state index in [0.717, 1.165) is 4.88 Å². The van der Waals surface area contributed by atoms with Gasteiger partial charge in [-0.05, 0) is 69.5 Å². The summed E-state index contributed by atoms with van der Waals surface area (Å²) in [5.41, 5.74) is 1.33. The molecule has 4 aromatic rings. The second-order valence-corrected chi connectivity index (χ2v) is 11.6. The number of ether oxygens (including phenoxy) is 2. The quantitative estimate of drug-likeness (QED) is 0.267. The van der Waals surface area contributed by atoms with Gasteiger partial charge in [0.1, 0.15) is 17.6 Å². The molecule has 1 aromatic carbocycles. The normalized spacial score (nSPS) is 15.2. The van der Waals surface area contributed by atoms with Crippen LogP contribution in [0, 0.1) is 0 Å². The molecule has 40 heavy (non-hydrogen) atoms. The number of thiophene rings is 1. The van der Waals surface area contributed by atoms with Crippen LogP contribution in [-0.4, -0.2) is 29.2 Å². The van der Waals surface area contributed by atoms with Gasteiger partial charge in [-0.1, -0.05) is 29.0 Å². The number of nitrogens with zero attached hydrogens (tertiary/aromatic N) is 2. The summed E-state index contributed by atoms with van der Waals surface area (Å²) in [6, 6.07) is 11.4. The van der Waals surface area contributed by atoms with E-state index in [1.54, 1.807) is 64.1 Å². The lowest BCUT2D eigenvalue weighted by molar-refractivity contribution is -0.139. The SMILES string of the molecule is CCOC(=O)C1=C(C)N=c2s/c(=C/c3ccc(-c4cc(Cl)ccc4C(=O)OC(C)C)o3)c(=O)n2[C@@H]1c1cccs1. The molecule has 0 N–H and O–H groups in total. The molecule has 1 aliphatic rings. The number of allylic oxidation sites excluding steroid dienone is 1. The number of thiazole rings is 1. The maximum absolute atomic E-state index is 13.7. The zero-order chi connectivity index (χ0) is 28.6. The van der Waals surface area contributed by atoms with Gasteiger partial charge in [0, 0.05) is 21.5 Å². The van der Waals surface area contributed by atoms with E-state index in [-0.39, 0.29) is 18.3 Å². The Hall–Kier alpha value is -3.73. The predicted molar refractivity (Wildman–Crippen MR) is 154 cm³/mol. The molecule has 11 heteroatoms. The van der Waals surface area contributed by atoms with E-state index < -0.39 is 18.0 Å². The first-order valence-corrected chi connectivity index (χ1v) is 14.6. The van der Waals surface area contributed by atoms with Crippen LogP contribution in [0.4, 0.5) is 0 Å². The highest BCUT2D eigenvalue weighted by atomic mass is 35.5. The number of furan rings is 1. The number of carbonyl (C=O) groups is 2. The Morgan fingerprint density at radius 2 is 2.00 bits per heavy atom. The molecule has 1 atom stereocenters. The van der Waals surface area contributed by atoms with Gasteiger partial charge in [-0.3, -0.25) is 9.36 Å². The van der Waals surface area contributed by atoms with Crippen molar-refractivity contribution in [2.45, 2.75) is 39.8 Å². The Morgan fingerprint density at radius 3 is 2.70 bits per heavy atom. The number of halogens is 1. The first-order valence-electron chi connectivity index (χ1n) is 12.5. The largest absolute Gasteiger partial charge is 0.463 e. The number of esters is 2. The molecular formula is C29H25ClN2O6S2. The molecule has 0 saturated heterocycles. The molecule has 4 heterocycles. The number of fused-ring (bicyclic) bond motifs is 1. The van der Waals surface area contributed by atoms with Gasteiger partial charge >= 0.3 is 11.9 Å². The van der Waals surface area contributed by atoms with Crippen LogP contribution in [0.15, 0.2) is 73.3 Å². The maximum Gasteiger partial charge on any atom is 0.339 e. The number of carbonyl (C=O) groups excluding carboxylic acids is 2. The van der Waals surface area contributed by atoms with E-state index >= 15 is 0 Å². The summed E-state index contributed by atoms with van der Waals surface area (Å²) >= 11 is 8.88. The molecular weight excluding hydrogens is 572 g/mol. The number of benzene rings is 1. The summed E-state index contributed by atoms with van der Waals surface area (Å²) in [6.45, 7) is 7.24. The predicted octanol–water partition coefficient (Wildman–Crippen LogP) is 5.34. The van der Waals surface area contributed by atoms with E-state index in [1.165, 1.54) is 27.2 Å². The molecule has 0 saturated carbocycles. The van der Waals surface area contributed by atoms with Gasteiger partial charge in [0.15, 0.2) is 4.80 Å². The van der Waals surface area contributed by atoms with Crippen LogP contribution in [-0.2, 0) is 14.3 Å². The second-order valence-electron chi connectivity index (χ2n) is 9.16. The lowest BCUT2D eigenvalue weighted by Gasteiger charge is -2.23. The van der Waals surface area contributed by atoms with E-state index in [0.29, 0.717) is 48.3 Å². The molecule has 206 valence electrons. The molecule has 8 nitrogen and oxygen atoms in total. The van der Waals surface area contributed by atoms with Crippen LogP contribution < -0.4 is 14.9 Å². The lowest BCUT2D eigenvalue weighted by atomic mass is 10.0. The van der Waals surface area contributed by atoms with Gasteiger partial charge in [0.2, 0.25) is 0 Å². The zero-order valence-corrected chi connectivity index (χ0v) is 24.5. The number of rotatable bonds is 7. The monoisotopic (exact) mass is 596 g/mol. The minimum Gasteiger partial charge on any atom is -0.463 e. The first kappa shape index (κ1) is 27.8. The number of aromatic nitrogens is 1. The molecule has 0 spiro atoms. The lowest BCUT2D eigenvalue weighted by Crippen LogP contribution is -2.39. The Morgan fingerprint density at radius 1 is 1.20 bits per heavy atom. The molecule has 0 fully saturated rings. The summed E-state index contributed by atoms with van der Waals surface area (Å²) in [5, 5.41) is 2.33. The van der Waals surface area contributed by atoms with Crippen LogP contribution >= 0.6 is 34.3 Å². The van der Waals surface area contributed by atoms with E-state index in [1.807, 2.05) is 17.5 Å². The summed E-state index contributed by atoms with van der Waals surface area (Å²) in [7, 11) is 0.